The van der Waals surface area contributed by atoms with Gasteiger partial charge in [0.15, 0.2) is 5.82 Å². The molecule has 0 aliphatic carbocycles. The summed E-state index contributed by atoms with van der Waals surface area (Å²) in [6.07, 6.45) is 4.75. The summed E-state index contributed by atoms with van der Waals surface area (Å²) in [5.41, 5.74) is 0.899. The molecule has 0 saturated carbocycles. The molecule has 23 heavy (non-hydrogen) atoms. The van der Waals surface area contributed by atoms with Crippen molar-refractivity contribution >= 4 is 17.2 Å². The molecule has 0 aromatic carbocycles. The average molecular weight is 335 g/mol. The predicted octanol–water partition coefficient (Wildman–Crippen LogP) is 1.24. The van der Waals surface area contributed by atoms with Crippen LogP contribution < -0.4 is 10.2 Å². The third-order valence-electron chi connectivity index (χ3n) is 4.17. The number of hydrogen-bond acceptors (Lipinski definition) is 5. The first kappa shape index (κ1) is 15.9. The number of aromatic nitrogens is 4. The second-order valence-electron chi connectivity index (χ2n) is 5.82. The van der Waals surface area contributed by atoms with Gasteiger partial charge in [-0.1, -0.05) is 17.8 Å². The second-order valence-corrected chi connectivity index (χ2v) is 6.64. The predicted molar refractivity (Wildman–Crippen MR) is 87.4 cm³/mol. The van der Waals surface area contributed by atoms with Gasteiger partial charge in [-0.15, -0.1) is 10.2 Å². The smallest absolute Gasteiger partial charge is 0.307 e. The monoisotopic (exact) mass is 335 g/mol. The Morgan fingerprint density at radius 1 is 1.35 bits per heavy atom. The van der Waals surface area contributed by atoms with E-state index in [-0.39, 0.29) is 10.8 Å². The van der Waals surface area contributed by atoms with Crippen LogP contribution in [0.2, 0.25) is 0 Å². The number of amides is 1. The van der Waals surface area contributed by atoms with Gasteiger partial charge in [0, 0.05) is 37.0 Å². The van der Waals surface area contributed by atoms with Crippen molar-refractivity contribution in [3.8, 4) is 0 Å². The number of aryl methyl sites for hydroxylation is 2. The Balaban J connectivity index is 1.53. The normalized spacial score (nSPS) is 14.3. The van der Waals surface area contributed by atoms with Gasteiger partial charge >= 0.3 is 4.87 Å². The van der Waals surface area contributed by atoms with Crippen molar-refractivity contribution < 1.29 is 4.79 Å². The molecule has 124 valence electrons. The summed E-state index contributed by atoms with van der Waals surface area (Å²) in [5.74, 6) is 1.76. The molecule has 0 radical (unpaired) electrons. The SMILES string of the molecule is Cc1csc(=O)n1CCC(=O)NCc1nnc2n1CCCCC2. The Morgan fingerprint density at radius 2 is 2.22 bits per heavy atom. The summed E-state index contributed by atoms with van der Waals surface area (Å²) in [5, 5.41) is 13.1. The molecule has 2 aromatic rings. The van der Waals surface area contributed by atoms with E-state index >= 15 is 0 Å². The van der Waals surface area contributed by atoms with E-state index < -0.39 is 0 Å². The van der Waals surface area contributed by atoms with Crippen molar-refractivity contribution in [2.75, 3.05) is 0 Å². The first-order chi connectivity index (χ1) is 11.1. The Morgan fingerprint density at radius 3 is 3.00 bits per heavy atom. The van der Waals surface area contributed by atoms with Crippen LogP contribution in [0.1, 0.15) is 43.0 Å². The summed E-state index contributed by atoms with van der Waals surface area (Å²) in [7, 11) is 0. The molecule has 0 fully saturated rings. The first-order valence-corrected chi connectivity index (χ1v) is 8.85. The zero-order valence-corrected chi connectivity index (χ0v) is 14.1. The zero-order chi connectivity index (χ0) is 16.2. The lowest BCUT2D eigenvalue weighted by atomic mass is 10.2. The van der Waals surface area contributed by atoms with Gasteiger partial charge in [0.1, 0.15) is 5.82 Å². The molecular weight excluding hydrogens is 314 g/mol. The van der Waals surface area contributed by atoms with Crippen molar-refractivity contribution in [3.63, 3.8) is 0 Å². The maximum absolute atomic E-state index is 12.0. The van der Waals surface area contributed by atoms with Gasteiger partial charge in [-0.3, -0.25) is 9.59 Å². The molecule has 0 spiro atoms. The molecule has 3 heterocycles. The van der Waals surface area contributed by atoms with Crippen LogP contribution >= 0.6 is 11.3 Å². The van der Waals surface area contributed by atoms with Crippen LogP contribution in [-0.2, 0) is 30.8 Å². The van der Waals surface area contributed by atoms with Gasteiger partial charge in [-0.2, -0.15) is 0 Å². The van der Waals surface area contributed by atoms with Gasteiger partial charge in [0.2, 0.25) is 5.91 Å². The van der Waals surface area contributed by atoms with E-state index in [0.29, 0.717) is 19.5 Å². The quantitative estimate of drug-likeness (QED) is 0.891. The number of nitrogens with one attached hydrogen (secondary N) is 1. The van der Waals surface area contributed by atoms with Crippen molar-refractivity contribution in [2.45, 2.75) is 58.7 Å². The highest BCUT2D eigenvalue weighted by Crippen LogP contribution is 2.14. The number of carbonyl (C=O) groups excluding carboxylic acids is 1. The van der Waals surface area contributed by atoms with E-state index in [9.17, 15) is 9.59 Å². The highest BCUT2D eigenvalue weighted by atomic mass is 32.1. The highest BCUT2D eigenvalue weighted by Gasteiger charge is 2.15. The Labute approximate surface area is 138 Å². The molecule has 1 aliphatic rings. The summed E-state index contributed by atoms with van der Waals surface area (Å²) >= 11 is 1.17. The molecule has 0 saturated heterocycles. The minimum Gasteiger partial charge on any atom is -0.349 e. The standard InChI is InChI=1S/C15H21N5O2S/c1-11-10-23-15(22)19(11)8-6-14(21)16-9-13-18-17-12-5-3-2-4-7-20(12)13/h10H,2-9H2,1H3,(H,16,21). The third-order valence-corrected chi connectivity index (χ3v) is 5.05. The summed E-state index contributed by atoms with van der Waals surface area (Å²) in [4.78, 5) is 23.6. The van der Waals surface area contributed by atoms with Gasteiger partial charge in [-0.25, -0.2) is 0 Å². The van der Waals surface area contributed by atoms with E-state index in [1.165, 1.54) is 17.8 Å². The molecule has 1 aliphatic heterocycles. The highest BCUT2D eigenvalue weighted by molar-refractivity contribution is 7.07. The summed E-state index contributed by atoms with van der Waals surface area (Å²) < 4.78 is 3.76. The molecule has 7 nitrogen and oxygen atoms in total. The molecular formula is C15H21N5O2S. The number of nitrogens with zero attached hydrogens (tertiary/aromatic N) is 4. The van der Waals surface area contributed by atoms with E-state index in [1.54, 1.807) is 4.57 Å². The lowest BCUT2D eigenvalue weighted by Gasteiger charge is -2.09. The lowest BCUT2D eigenvalue weighted by Crippen LogP contribution is -2.27. The van der Waals surface area contributed by atoms with Gasteiger partial charge in [0.25, 0.3) is 0 Å². The number of thiazole rings is 1. The number of rotatable bonds is 5. The van der Waals surface area contributed by atoms with Gasteiger partial charge in [-0.05, 0) is 19.8 Å². The van der Waals surface area contributed by atoms with E-state index in [4.69, 9.17) is 0 Å². The summed E-state index contributed by atoms with van der Waals surface area (Å²) in [6, 6.07) is 0. The maximum Gasteiger partial charge on any atom is 0.307 e. The van der Waals surface area contributed by atoms with E-state index in [2.05, 4.69) is 20.1 Å². The first-order valence-electron chi connectivity index (χ1n) is 7.98. The number of fused-ring (bicyclic) bond motifs is 1. The molecule has 2 aromatic heterocycles. The average Bonchev–Trinajstić information content (AvgIpc) is 2.97. The van der Waals surface area contributed by atoms with Gasteiger partial charge < -0.3 is 14.5 Å². The van der Waals surface area contributed by atoms with Crippen LogP contribution in [0.25, 0.3) is 0 Å². The maximum atomic E-state index is 12.0. The lowest BCUT2D eigenvalue weighted by molar-refractivity contribution is -0.121. The van der Waals surface area contributed by atoms with Crippen LogP contribution in [0.15, 0.2) is 10.2 Å². The molecule has 0 bridgehead atoms. The van der Waals surface area contributed by atoms with E-state index in [0.717, 1.165) is 43.1 Å². The second kappa shape index (κ2) is 7.08. The molecule has 0 atom stereocenters. The zero-order valence-electron chi connectivity index (χ0n) is 13.2. The Bertz CT molecular complexity index is 745. The molecule has 1 N–H and O–H groups in total. The van der Waals surface area contributed by atoms with Crippen LogP contribution in [0.5, 0.6) is 0 Å². The largest absolute Gasteiger partial charge is 0.349 e. The molecule has 3 rings (SSSR count). The van der Waals surface area contributed by atoms with Crippen LogP contribution in [0.3, 0.4) is 0 Å². The van der Waals surface area contributed by atoms with Crippen molar-refractivity contribution in [1.29, 1.82) is 0 Å². The fraction of sp³-hybridized carbons (Fsp3) is 0.600. The topological polar surface area (TPSA) is 81.8 Å². The van der Waals surface area contributed by atoms with E-state index in [1.807, 2.05) is 12.3 Å². The van der Waals surface area contributed by atoms with Crippen LogP contribution in [0.4, 0.5) is 0 Å². The molecule has 0 unspecified atom stereocenters. The minimum atomic E-state index is -0.0755. The Kier molecular flexibility index (Phi) is 4.90. The van der Waals surface area contributed by atoms with Crippen molar-refractivity contribution in [1.82, 2.24) is 24.6 Å². The molecule has 1 amide bonds. The fourth-order valence-corrected chi connectivity index (χ4v) is 3.59. The minimum absolute atomic E-state index is 0.0157. The number of hydrogen-bond donors (Lipinski definition) is 1. The number of carbonyl (C=O) groups is 1. The van der Waals surface area contributed by atoms with Crippen LogP contribution in [0, 0.1) is 6.92 Å². The fourth-order valence-electron chi connectivity index (χ4n) is 2.83. The van der Waals surface area contributed by atoms with Crippen LogP contribution in [-0.4, -0.2) is 25.2 Å². The third kappa shape index (κ3) is 3.69. The Hall–Kier alpha value is -1.96. The summed E-state index contributed by atoms with van der Waals surface area (Å²) in [6.45, 7) is 3.61. The van der Waals surface area contributed by atoms with Gasteiger partial charge in [0.05, 0.1) is 6.54 Å². The van der Waals surface area contributed by atoms with Crippen molar-refractivity contribution in [2.24, 2.45) is 0 Å². The van der Waals surface area contributed by atoms with Crippen molar-refractivity contribution in [3.05, 3.63) is 32.4 Å². The molecule has 8 heteroatoms.